The Morgan fingerprint density at radius 3 is 1.04 bits per heavy atom. The first kappa shape index (κ1) is 40.9. The number of pyridine rings is 2. The quantitative estimate of drug-likeness (QED) is 0.144. The van der Waals surface area contributed by atoms with Crippen LogP contribution in [0.2, 0.25) is 0 Å². The molecule has 3 heterocycles. The highest BCUT2D eigenvalue weighted by Gasteiger charge is 2.53. The van der Waals surface area contributed by atoms with Crippen LogP contribution < -0.4 is 14.7 Å². The minimum absolute atomic E-state index is 0.773. The molecule has 11 aromatic rings. The normalized spacial score (nSPS) is 12.7. The molecule has 5 heteroatoms. The SMILES string of the molecule is c1ccc(N(c2ccccc2)c2cccc(-c3ccc4c(c3)C3(c5cc(-c6cccc(N(c7ccccc7)c7ccccc7)c6)ccc5N4c4ccccc4)c4cccnc4-c4ncccc43)c2)cc1. The zero-order valence-electron chi connectivity index (χ0n) is 38.2. The third kappa shape index (κ3) is 6.70. The lowest BCUT2D eigenvalue weighted by Crippen LogP contribution is -2.36. The second-order valence-corrected chi connectivity index (χ2v) is 17.8. The monoisotopic (exact) mass is 895 g/mol. The van der Waals surface area contributed by atoms with E-state index < -0.39 is 5.41 Å². The van der Waals surface area contributed by atoms with Crippen molar-refractivity contribution in [1.82, 2.24) is 9.97 Å². The molecule has 0 unspecified atom stereocenters. The van der Waals surface area contributed by atoms with E-state index in [9.17, 15) is 0 Å². The van der Waals surface area contributed by atoms with E-state index in [4.69, 9.17) is 9.97 Å². The molecular formula is C65H45N5. The van der Waals surface area contributed by atoms with Crippen LogP contribution in [0.3, 0.4) is 0 Å². The largest absolute Gasteiger partial charge is 0.310 e. The van der Waals surface area contributed by atoms with Crippen LogP contribution in [0.4, 0.5) is 51.2 Å². The summed E-state index contributed by atoms with van der Waals surface area (Å²) in [6, 6.07) is 93.8. The first-order valence-corrected chi connectivity index (χ1v) is 23.8. The Kier molecular flexibility index (Phi) is 9.98. The molecule has 5 nitrogen and oxygen atoms in total. The fourth-order valence-corrected chi connectivity index (χ4v) is 10.9. The van der Waals surface area contributed by atoms with Crippen LogP contribution in [0.5, 0.6) is 0 Å². The van der Waals surface area contributed by atoms with Gasteiger partial charge in [0.1, 0.15) is 0 Å². The fraction of sp³-hybridized carbons (Fsp3) is 0.0154. The number of aromatic nitrogens is 2. The average molecular weight is 896 g/mol. The van der Waals surface area contributed by atoms with E-state index in [2.05, 4.69) is 276 Å². The van der Waals surface area contributed by atoms with Gasteiger partial charge in [-0.2, -0.15) is 0 Å². The summed E-state index contributed by atoms with van der Waals surface area (Å²) in [4.78, 5) is 17.3. The van der Waals surface area contributed by atoms with E-state index in [1.807, 2.05) is 12.4 Å². The van der Waals surface area contributed by atoms with Gasteiger partial charge in [0.2, 0.25) is 0 Å². The molecule has 0 saturated carbocycles. The van der Waals surface area contributed by atoms with Gasteiger partial charge in [-0.15, -0.1) is 0 Å². The molecule has 0 amide bonds. The van der Waals surface area contributed by atoms with Crippen molar-refractivity contribution in [3.8, 4) is 33.6 Å². The van der Waals surface area contributed by atoms with E-state index in [-0.39, 0.29) is 0 Å². The maximum atomic E-state index is 5.12. The molecule has 2 aromatic heterocycles. The molecule has 70 heavy (non-hydrogen) atoms. The van der Waals surface area contributed by atoms with Crippen LogP contribution in [0.15, 0.2) is 273 Å². The van der Waals surface area contributed by atoms with Crippen molar-refractivity contribution in [3.63, 3.8) is 0 Å². The first-order valence-electron chi connectivity index (χ1n) is 23.8. The third-order valence-electron chi connectivity index (χ3n) is 13.9. The summed E-state index contributed by atoms with van der Waals surface area (Å²) in [5.74, 6) is 0. The van der Waals surface area contributed by atoms with Gasteiger partial charge in [0.25, 0.3) is 0 Å². The molecule has 0 radical (unpaired) electrons. The molecule has 330 valence electrons. The van der Waals surface area contributed by atoms with Crippen molar-refractivity contribution in [2.24, 2.45) is 0 Å². The molecule has 13 rings (SSSR count). The average Bonchev–Trinajstić information content (AvgIpc) is 3.73. The lowest BCUT2D eigenvalue weighted by Gasteiger charge is -2.45. The highest BCUT2D eigenvalue weighted by Crippen LogP contribution is 2.63. The number of hydrogen-bond donors (Lipinski definition) is 0. The summed E-state index contributed by atoms with van der Waals surface area (Å²) < 4.78 is 0. The Bertz CT molecular complexity index is 3370. The van der Waals surface area contributed by atoms with Crippen LogP contribution >= 0.6 is 0 Å². The number of benzene rings is 9. The highest BCUT2D eigenvalue weighted by molar-refractivity contribution is 5.96. The number of fused-ring (bicyclic) bond motifs is 9. The fourth-order valence-electron chi connectivity index (χ4n) is 10.9. The van der Waals surface area contributed by atoms with Crippen LogP contribution in [0, 0.1) is 0 Å². The number of para-hydroxylation sites is 5. The topological polar surface area (TPSA) is 35.5 Å². The van der Waals surface area contributed by atoms with Crippen LogP contribution in [-0.2, 0) is 5.41 Å². The zero-order chi connectivity index (χ0) is 46.4. The maximum absolute atomic E-state index is 5.12. The third-order valence-corrected chi connectivity index (χ3v) is 13.9. The van der Waals surface area contributed by atoms with E-state index >= 15 is 0 Å². The van der Waals surface area contributed by atoms with Crippen molar-refractivity contribution in [1.29, 1.82) is 0 Å². The van der Waals surface area contributed by atoms with Crippen molar-refractivity contribution in [2.75, 3.05) is 14.7 Å². The summed E-state index contributed by atoms with van der Waals surface area (Å²) >= 11 is 0. The lowest BCUT2D eigenvalue weighted by atomic mass is 9.64. The molecule has 0 saturated heterocycles. The molecule has 9 aromatic carbocycles. The van der Waals surface area contributed by atoms with E-state index in [0.29, 0.717) is 0 Å². The van der Waals surface area contributed by atoms with Gasteiger partial charge in [-0.25, -0.2) is 0 Å². The van der Waals surface area contributed by atoms with Crippen LogP contribution in [0.25, 0.3) is 33.6 Å². The molecule has 2 aliphatic rings. The number of hydrogen-bond acceptors (Lipinski definition) is 5. The summed E-state index contributed by atoms with van der Waals surface area (Å²) in [6.07, 6.45) is 3.80. The van der Waals surface area contributed by atoms with Crippen molar-refractivity contribution >= 4 is 51.2 Å². The summed E-state index contributed by atoms with van der Waals surface area (Å²) in [5, 5.41) is 0. The number of nitrogens with zero attached hydrogens (tertiary/aromatic N) is 5. The Morgan fingerprint density at radius 2 is 0.643 bits per heavy atom. The molecule has 0 N–H and O–H groups in total. The number of anilines is 9. The predicted molar refractivity (Wildman–Crippen MR) is 288 cm³/mol. The molecule has 0 bridgehead atoms. The van der Waals surface area contributed by atoms with Crippen molar-refractivity contribution in [3.05, 3.63) is 296 Å². The van der Waals surface area contributed by atoms with Crippen molar-refractivity contribution in [2.45, 2.75) is 5.41 Å². The van der Waals surface area contributed by atoms with Crippen LogP contribution in [0.1, 0.15) is 22.3 Å². The molecule has 0 atom stereocenters. The van der Waals surface area contributed by atoms with Gasteiger partial charge >= 0.3 is 0 Å². The Morgan fingerprint density at radius 1 is 0.286 bits per heavy atom. The van der Waals surface area contributed by atoms with E-state index in [1.165, 1.54) is 11.1 Å². The summed E-state index contributed by atoms with van der Waals surface area (Å²) in [6.45, 7) is 0. The Balaban J connectivity index is 1.04. The van der Waals surface area contributed by atoms with Gasteiger partial charge in [0, 0.05) is 52.2 Å². The van der Waals surface area contributed by atoms with Gasteiger partial charge in [0.05, 0.1) is 28.2 Å². The smallest absolute Gasteiger partial charge is 0.0937 e. The minimum atomic E-state index is -0.773. The molecule has 1 aliphatic heterocycles. The zero-order valence-corrected chi connectivity index (χ0v) is 38.2. The van der Waals surface area contributed by atoms with Gasteiger partial charge in [-0.05, 0) is 166 Å². The molecule has 1 aliphatic carbocycles. The summed E-state index contributed by atoms with van der Waals surface area (Å²) in [7, 11) is 0. The standard InChI is InChI=1S/C65H45N5/c1-6-22-50(23-7-1)68(51-24-8-2-9-25-51)55-32-16-20-46(42-55)48-36-38-61-59(44-48)65(57-34-18-40-66-63(57)64-58(65)35-19-41-67-64)60-45-49(37-39-62(60)70(61)54-30-14-5-15-31-54)47-21-17-33-56(43-47)69(52-26-10-3-11-27-52)53-28-12-4-13-29-53/h1-45H. The Hall–Kier alpha value is -9.32. The Labute approximate surface area is 408 Å². The molecule has 1 spiro atoms. The lowest BCUT2D eigenvalue weighted by molar-refractivity contribution is 0.750. The van der Waals surface area contributed by atoms with Crippen LogP contribution in [-0.4, -0.2) is 9.97 Å². The first-order chi connectivity index (χ1) is 34.7. The minimum Gasteiger partial charge on any atom is -0.310 e. The van der Waals surface area contributed by atoms with Crippen molar-refractivity contribution < 1.29 is 0 Å². The van der Waals surface area contributed by atoms with Gasteiger partial charge < -0.3 is 14.7 Å². The molecular weight excluding hydrogens is 851 g/mol. The van der Waals surface area contributed by atoms with E-state index in [1.54, 1.807) is 0 Å². The number of rotatable bonds is 9. The second-order valence-electron chi connectivity index (χ2n) is 17.8. The van der Waals surface area contributed by atoms with Gasteiger partial charge in [0.15, 0.2) is 0 Å². The van der Waals surface area contributed by atoms with E-state index in [0.717, 1.165) is 96.0 Å². The van der Waals surface area contributed by atoms with Gasteiger partial charge in [-0.1, -0.05) is 140 Å². The predicted octanol–water partition coefficient (Wildman–Crippen LogP) is 16.9. The molecule has 0 fully saturated rings. The summed E-state index contributed by atoms with van der Waals surface area (Å²) in [5.41, 5.74) is 19.9. The maximum Gasteiger partial charge on any atom is 0.0937 e. The van der Waals surface area contributed by atoms with Gasteiger partial charge in [-0.3, -0.25) is 9.97 Å². The second kappa shape index (κ2) is 17.1. The highest BCUT2D eigenvalue weighted by atomic mass is 15.2.